The number of aliphatic hydroxyl groups excluding tert-OH is 1. The molecule has 0 bridgehead atoms. The van der Waals surface area contributed by atoms with Gasteiger partial charge in [0.05, 0.1) is 33.5 Å². The Bertz CT molecular complexity index is 1290. The van der Waals surface area contributed by atoms with Gasteiger partial charge in [0.2, 0.25) is 6.29 Å². The molecule has 1 N–H and O–H groups in total. The second-order valence-electron chi connectivity index (χ2n) is 9.85. The summed E-state index contributed by atoms with van der Waals surface area (Å²) in [5, 5.41) is 11.5. The van der Waals surface area contributed by atoms with Crippen LogP contribution >= 0.6 is 0 Å². The number of hydrogen-bond donors (Lipinski definition) is 1. The fourth-order valence-corrected chi connectivity index (χ4v) is 4.68. The number of ether oxygens (including phenoxy) is 6. The van der Waals surface area contributed by atoms with Gasteiger partial charge in [-0.15, -0.1) is 0 Å². The molecule has 7 heteroatoms. The zero-order valence-corrected chi connectivity index (χ0v) is 23.1. The molecule has 1 saturated heterocycles. The van der Waals surface area contributed by atoms with Crippen molar-refractivity contribution in [1.82, 2.24) is 0 Å². The second kappa shape index (κ2) is 14.8. The Kier molecular flexibility index (Phi) is 10.4. The van der Waals surface area contributed by atoms with E-state index in [1.807, 2.05) is 115 Å². The van der Waals surface area contributed by atoms with Crippen LogP contribution in [-0.2, 0) is 38.8 Å². The van der Waals surface area contributed by atoms with Crippen LogP contribution in [0.15, 0.2) is 115 Å². The van der Waals surface area contributed by atoms with E-state index in [-0.39, 0.29) is 6.61 Å². The Labute approximate surface area is 241 Å². The van der Waals surface area contributed by atoms with Crippen LogP contribution in [0.25, 0.3) is 0 Å². The Morgan fingerprint density at radius 1 is 0.610 bits per heavy atom. The van der Waals surface area contributed by atoms with Gasteiger partial charge >= 0.3 is 0 Å². The quantitative estimate of drug-likeness (QED) is 0.232. The molecule has 5 unspecified atom stereocenters. The van der Waals surface area contributed by atoms with Crippen LogP contribution in [0.2, 0.25) is 0 Å². The molecule has 0 aromatic heterocycles. The van der Waals surface area contributed by atoms with E-state index < -0.39 is 30.7 Å². The summed E-state index contributed by atoms with van der Waals surface area (Å²) in [5.41, 5.74) is 3.00. The monoisotopic (exact) mass is 556 g/mol. The summed E-state index contributed by atoms with van der Waals surface area (Å²) < 4.78 is 36.7. The number of rotatable bonds is 13. The smallest absolute Gasteiger partial charge is 0.229 e. The zero-order valence-electron chi connectivity index (χ0n) is 23.1. The van der Waals surface area contributed by atoms with Gasteiger partial charge in [-0.25, -0.2) is 0 Å². The summed E-state index contributed by atoms with van der Waals surface area (Å²) in [4.78, 5) is 0. The van der Waals surface area contributed by atoms with Crippen molar-refractivity contribution >= 4 is 0 Å². The van der Waals surface area contributed by atoms with Crippen molar-refractivity contribution < 1.29 is 33.5 Å². The number of benzene rings is 4. The molecule has 4 aromatic rings. The molecular weight excluding hydrogens is 520 g/mol. The average molecular weight is 557 g/mol. The Morgan fingerprint density at radius 2 is 1.10 bits per heavy atom. The maximum absolute atomic E-state index is 11.5. The highest BCUT2D eigenvalue weighted by Crippen LogP contribution is 2.31. The topological polar surface area (TPSA) is 75.6 Å². The molecule has 0 spiro atoms. The maximum atomic E-state index is 11.5. The van der Waals surface area contributed by atoms with Crippen molar-refractivity contribution in [2.45, 2.75) is 50.5 Å². The van der Waals surface area contributed by atoms with E-state index in [2.05, 4.69) is 0 Å². The molecule has 1 aliphatic rings. The Morgan fingerprint density at radius 3 is 1.63 bits per heavy atom. The van der Waals surface area contributed by atoms with Crippen molar-refractivity contribution in [3.05, 3.63) is 132 Å². The highest BCUT2D eigenvalue weighted by molar-refractivity contribution is 5.31. The third-order valence-electron chi connectivity index (χ3n) is 6.89. The van der Waals surface area contributed by atoms with Crippen molar-refractivity contribution in [1.29, 1.82) is 0 Å². The zero-order chi connectivity index (χ0) is 28.3. The molecular formula is C34H36O7. The van der Waals surface area contributed by atoms with Crippen molar-refractivity contribution in [2.24, 2.45) is 0 Å². The lowest BCUT2D eigenvalue weighted by Crippen LogP contribution is -2.61. The van der Waals surface area contributed by atoms with E-state index in [4.69, 9.17) is 28.4 Å². The van der Waals surface area contributed by atoms with Crippen molar-refractivity contribution in [2.75, 3.05) is 13.7 Å². The van der Waals surface area contributed by atoms with Gasteiger partial charge in [-0.3, -0.25) is 0 Å². The minimum Gasteiger partial charge on any atom is -0.497 e. The minimum atomic E-state index is -1.02. The molecule has 1 fully saturated rings. The summed E-state index contributed by atoms with van der Waals surface area (Å²) in [6.45, 7) is 1.13. The largest absolute Gasteiger partial charge is 0.497 e. The molecule has 1 heterocycles. The van der Waals surface area contributed by atoms with E-state index in [1.165, 1.54) is 0 Å². The average Bonchev–Trinajstić information content (AvgIpc) is 3.03. The van der Waals surface area contributed by atoms with Gasteiger partial charge in [-0.1, -0.05) is 91.0 Å². The Balaban J connectivity index is 1.37. The molecule has 7 nitrogen and oxygen atoms in total. The second-order valence-corrected chi connectivity index (χ2v) is 9.85. The Hall–Kier alpha value is -3.72. The fourth-order valence-electron chi connectivity index (χ4n) is 4.68. The van der Waals surface area contributed by atoms with E-state index in [0.717, 1.165) is 16.7 Å². The summed E-state index contributed by atoms with van der Waals surface area (Å²) in [6.07, 6.45) is -4.09. The van der Waals surface area contributed by atoms with E-state index >= 15 is 0 Å². The molecule has 1 aliphatic heterocycles. The van der Waals surface area contributed by atoms with Crippen LogP contribution in [-0.4, -0.2) is 49.5 Å². The third-order valence-corrected chi connectivity index (χ3v) is 6.89. The summed E-state index contributed by atoms with van der Waals surface area (Å²) in [6, 6.07) is 36.8. The van der Waals surface area contributed by atoms with Crippen LogP contribution in [0, 0.1) is 0 Å². The highest BCUT2D eigenvalue weighted by atomic mass is 16.7. The van der Waals surface area contributed by atoms with Crippen LogP contribution in [0.4, 0.5) is 0 Å². The summed E-state index contributed by atoms with van der Waals surface area (Å²) >= 11 is 0. The van der Waals surface area contributed by atoms with Crippen molar-refractivity contribution in [3.63, 3.8) is 0 Å². The third kappa shape index (κ3) is 8.16. The first kappa shape index (κ1) is 28.8. The molecule has 5 atom stereocenters. The molecule has 5 rings (SSSR count). The van der Waals surface area contributed by atoms with E-state index in [1.54, 1.807) is 7.11 Å². The first-order chi connectivity index (χ1) is 20.2. The predicted molar refractivity (Wildman–Crippen MR) is 154 cm³/mol. The van der Waals surface area contributed by atoms with Gasteiger partial charge in [-0.05, 0) is 41.0 Å². The van der Waals surface area contributed by atoms with Crippen LogP contribution in [0.3, 0.4) is 0 Å². The predicted octanol–water partition coefficient (Wildman–Crippen LogP) is 5.55. The molecule has 4 aromatic carbocycles. The van der Waals surface area contributed by atoms with Crippen LogP contribution in [0.1, 0.15) is 16.7 Å². The molecule has 0 amide bonds. The van der Waals surface area contributed by atoms with E-state index in [9.17, 15) is 5.11 Å². The lowest BCUT2D eigenvalue weighted by molar-refractivity contribution is -0.301. The molecule has 0 aliphatic carbocycles. The van der Waals surface area contributed by atoms with Crippen LogP contribution < -0.4 is 9.47 Å². The first-order valence-corrected chi connectivity index (χ1v) is 13.8. The van der Waals surface area contributed by atoms with Gasteiger partial charge < -0.3 is 33.5 Å². The van der Waals surface area contributed by atoms with Gasteiger partial charge in [0.25, 0.3) is 0 Å². The molecule has 0 saturated carbocycles. The van der Waals surface area contributed by atoms with E-state index in [0.29, 0.717) is 31.3 Å². The van der Waals surface area contributed by atoms with Gasteiger partial charge in [-0.2, -0.15) is 0 Å². The molecule has 41 heavy (non-hydrogen) atoms. The summed E-state index contributed by atoms with van der Waals surface area (Å²) in [7, 11) is 1.61. The summed E-state index contributed by atoms with van der Waals surface area (Å²) in [5.74, 6) is 1.29. The lowest BCUT2D eigenvalue weighted by Gasteiger charge is -2.44. The van der Waals surface area contributed by atoms with Crippen molar-refractivity contribution in [3.8, 4) is 11.5 Å². The fraction of sp³-hybridized carbons (Fsp3) is 0.294. The normalized spacial score (nSPS) is 22.2. The van der Waals surface area contributed by atoms with Crippen LogP contribution in [0.5, 0.6) is 11.5 Å². The molecule has 0 radical (unpaired) electrons. The standard InChI is InChI=1S/C34H36O7/c1-36-28-17-19-29(20-18-28)40-34-33(39-23-27-15-9-4-10-16-27)32(38-22-26-13-7-3-8-14-26)31(35)30(41-34)24-37-21-25-11-5-2-6-12-25/h2-20,30-35H,21-24H2,1H3. The first-order valence-electron chi connectivity index (χ1n) is 13.8. The van der Waals surface area contributed by atoms with Gasteiger partial charge in [0, 0.05) is 0 Å². The van der Waals surface area contributed by atoms with Gasteiger partial charge in [0.1, 0.15) is 35.9 Å². The SMILES string of the molecule is COc1ccc(OC2OC(COCc3ccccc3)C(O)C(OCc3ccccc3)C2OCc2ccccc2)cc1. The number of aliphatic hydroxyl groups is 1. The number of methoxy groups -OCH3 is 1. The minimum absolute atomic E-state index is 0.148. The van der Waals surface area contributed by atoms with Gasteiger partial charge in [0.15, 0.2) is 0 Å². The highest BCUT2D eigenvalue weighted by Gasteiger charge is 2.48. The maximum Gasteiger partial charge on any atom is 0.229 e. The molecule has 214 valence electrons. The number of hydrogen-bond acceptors (Lipinski definition) is 7. The lowest BCUT2D eigenvalue weighted by atomic mass is 9.98.